The number of rotatable bonds is 5. The normalized spacial score (nSPS) is 12.5. The third-order valence-electron chi connectivity index (χ3n) is 2.76. The maximum absolute atomic E-state index is 12.3. The minimum atomic E-state index is -2.34. The average Bonchev–Trinajstić information content (AvgIpc) is 2.54. The van der Waals surface area contributed by atoms with E-state index in [-0.39, 0.29) is 12.1 Å². The molecule has 0 radical (unpaired) electrons. The van der Waals surface area contributed by atoms with Crippen LogP contribution in [0.25, 0.3) is 0 Å². The number of carbonyl (C=O) groups is 3. The number of carbonyl (C=O) groups excluding carboxylic acids is 3. The SMILES string of the molecule is CCNC(=O)OC(OC(=O)N(C)C)(C(=O)OC)c1ccccc1. The fourth-order valence-corrected chi connectivity index (χ4v) is 1.66. The Kier molecular flexibility index (Phi) is 6.37. The van der Waals surface area contributed by atoms with Gasteiger partial charge in [-0.1, -0.05) is 30.3 Å². The van der Waals surface area contributed by atoms with Gasteiger partial charge in [0.05, 0.1) is 7.11 Å². The van der Waals surface area contributed by atoms with Gasteiger partial charge in [0.25, 0.3) is 0 Å². The quantitative estimate of drug-likeness (QED) is 0.651. The van der Waals surface area contributed by atoms with E-state index in [1.165, 1.54) is 26.2 Å². The molecule has 1 rings (SSSR count). The third kappa shape index (κ3) is 4.35. The van der Waals surface area contributed by atoms with Crippen molar-refractivity contribution in [3.05, 3.63) is 35.9 Å². The second kappa shape index (κ2) is 8.02. The van der Waals surface area contributed by atoms with Crippen molar-refractivity contribution in [2.24, 2.45) is 0 Å². The van der Waals surface area contributed by atoms with Gasteiger partial charge in [0, 0.05) is 26.2 Å². The lowest BCUT2D eigenvalue weighted by molar-refractivity contribution is -0.212. The van der Waals surface area contributed by atoms with Gasteiger partial charge < -0.3 is 24.4 Å². The lowest BCUT2D eigenvalue weighted by Crippen LogP contribution is -2.49. The zero-order valence-corrected chi connectivity index (χ0v) is 13.5. The van der Waals surface area contributed by atoms with Crippen LogP contribution in [0.2, 0.25) is 0 Å². The molecule has 0 saturated heterocycles. The van der Waals surface area contributed by atoms with Crippen LogP contribution in [0.15, 0.2) is 30.3 Å². The summed E-state index contributed by atoms with van der Waals surface area (Å²) in [4.78, 5) is 37.2. The summed E-state index contributed by atoms with van der Waals surface area (Å²) in [7, 11) is 3.97. The van der Waals surface area contributed by atoms with Gasteiger partial charge in [0.2, 0.25) is 0 Å². The Morgan fingerprint density at radius 3 is 2.22 bits per heavy atom. The molecule has 0 aliphatic carbocycles. The molecule has 23 heavy (non-hydrogen) atoms. The van der Waals surface area contributed by atoms with Gasteiger partial charge in [-0.25, -0.2) is 14.4 Å². The van der Waals surface area contributed by atoms with E-state index < -0.39 is 23.9 Å². The predicted molar refractivity (Wildman–Crippen MR) is 80.5 cm³/mol. The summed E-state index contributed by atoms with van der Waals surface area (Å²) in [5, 5.41) is 2.38. The molecule has 0 saturated carbocycles. The lowest BCUT2D eigenvalue weighted by Gasteiger charge is -2.31. The molecule has 8 nitrogen and oxygen atoms in total. The standard InChI is InChI=1S/C15H20N2O6/c1-5-16-13(19)22-15(12(18)21-4,23-14(20)17(2)3)11-9-7-6-8-10-11/h6-10H,5H2,1-4H3,(H,16,19). The van der Waals surface area contributed by atoms with Gasteiger partial charge in [-0.15, -0.1) is 0 Å². The van der Waals surface area contributed by atoms with Crippen molar-refractivity contribution < 1.29 is 28.6 Å². The van der Waals surface area contributed by atoms with Crippen molar-refractivity contribution >= 4 is 18.2 Å². The van der Waals surface area contributed by atoms with Crippen LogP contribution in [0, 0.1) is 0 Å². The second-order valence-corrected chi connectivity index (χ2v) is 4.66. The Morgan fingerprint density at radius 2 is 1.74 bits per heavy atom. The number of esters is 1. The lowest BCUT2D eigenvalue weighted by atomic mass is 10.1. The van der Waals surface area contributed by atoms with E-state index in [9.17, 15) is 14.4 Å². The largest absolute Gasteiger partial charge is 0.463 e. The molecular weight excluding hydrogens is 304 g/mol. The molecule has 8 heteroatoms. The van der Waals surface area contributed by atoms with Crippen LogP contribution >= 0.6 is 0 Å². The number of alkyl carbamates (subject to hydrolysis) is 1. The first-order chi connectivity index (χ1) is 10.9. The van der Waals surface area contributed by atoms with Crippen LogP contribution in [0.1, 0.15) is 12.5 Å². The average molecular weight is 324 g/mol. The summed E-state index contributed by atoms with van der Waals surface area (Å²) in [6.07, 6.45) is -1.79. The first-order valence-corrected chi connectivity index (χ1v) is 6.88. The Morgan fingerprint density at radius 1 is 1.13 bits per heavy atom. The summed E-state index contributed by atoms with van der Waals surface area (Å²) >= 11 is 0. The van der Waals surface area contributed by atoms with Crippen LogP contribution in [0.3, 0.4) is 0 Å². The van der Waals surface area contributed by atoms with E-state index in [1.54, 1.807) is 25.1 Å². The Balaban J connectivity index is 3.36. The summed E-state index contributed by atoms with van der Waals surface area (Å²) in [6, 6.07) is 7.89. The van der Waals surface area contributed by atoms with Crippen LogP contribution in [-0.4, -0.2) is 50.8 Å². The maximum Gasteiger partial charge on any atom is 0.413 e. The number of ether oxygens (including phenoxy) is 3. The summed E-state index contributed by atoms with van der Waals surface area (Å²) in [5.41, 5.74) is 0.147. The van der Waals surface area contributed by atoms with E-state index in [0.29, 0.717) is 0 Å². The predicted octanol–water partition coefficient (Wildman–Crippen LogP) is 1.46. The van der Waals surface area contributed by atoms with Crippen LogP contribution in [0.5, 0.6) is 0 Å². The minimum absolute atomic E-state index is 0.147. The summed E-state index contributed by atoms with van der Waals surface area (Å²) < 4.78 is 15.0. The van der Waals surface area contributed by atoms with E-state index in [1.807, 2.05) is 0 Å². The molecule has 0 aromatic heterocycles. The smallest absolute Gasteiger partial charge is 0.413 e. The van der Waals surface area contributed by atoms with Crippen molar-refractivity contribution in [3.63, 3.8) is 0 Å². The van der Waals surface area contributed by atoms with E-state index >= 15 is 0 Å². The Labute approximate surface area is 134 Å². The first kappa shape index (κ1) is 18.3. The molecule has 1 aromatic carbocycles. The molecule has 0 bridgehead atoms. The van der Waals surface area contributed by atoms with Crippen molar-refractivity contribution in [2.45, 2.75) is 12.7 Å². The van der Waals surface area contributed by atoms with Gasteiger partial charge >= 0.3 is 23.9 Å². The topological polar surface area (TPSA) is 94.2 Å². The van der Waals surface area contributed by atoms with Crippen molar-refractivity contribution in [2.75, 3.05) is 27.7 Å². The van der Waals surface area contributed by atoms with E-state index in [2.05, 4.69) is 5.32 Å². The molecule has 1 N–H and O–H groups in total. The fourth-order valence-electron chi connectivity index (χ4n) is 1.66. The highest BCUT2D eigenvalue weighted by Crippen LogP contribution is 2.30. The molecule has 0 aliphatic rings. The monoisotopic (exact) mass is 324 g/mol. The van der Waals surface area contributed by atoms with Crippen molar-refractivity contribution in [1.82, 2.24) is 10.2 Å². The van der Waals surface area contributed by atoms with Gasteiger partial charge in [0.15, 0.2) is 0 Å². The Hall–Kier alpha value is -2.77. The minimum Gasteiger partial charge on any atom is -0.463 e. The number of nitrogens with zero attached hydrogens (tertiary/aromatic N) is 1. The van der Waals surface area contributed by atoms with Gasteiger partial charge in [-0.3, -0.25) is 0 Å². The second-order valence-electron chi connectivity index (χ2n) is 4.66. The number of hydrogen-bond donors (Lipinski definition) is 1. The highest BCUT2D eigenvalue weighted by molar-refractivity contribution is 5.85. The van der Waals surface area contributed by atoms with Crippen molar-refractivity contribution in [1.29, 1.82) is 0 Å². The van der Waals surface area contributed by atoms with Crippen LogP contribution < -0.4 is 5.32 Å². The highest BCUT2D eigenvalue weighted by atomic mass is 16.8. The van der Waals surface area contributed by atoms with Crippen LogP contribution in [0.4, 0.5) is 9.59 Å². The van der Waals surface area contributed by atoms with Gasteiger partial charge in [0.1, 0.15) is 0 Å². The van der Waals surface area contributed by atoms with Gasteiger partial charge in [-0.05, 0) is 6.92 Å². The number of nitrogens with one attached hydrogen (secondary N) is 1. The van der Waals surface area contributed by atoms with E-state index in [4.69, 9.17) is 14.2 Å². The molecule has 1 atom stereocenters. The fraction of sp³-hybridized carbons (Fsp3) is 0.400. The van der Waals surface area contributed by atoms with E-state index in [0.717, 1.165) is 12.0 Å². The number of methoxy groups -OCH3 is 1. The number of benzene rings is 1. The number of hydrogen-bond acceptors (Lipinski definition) is 6. The Bertz CT molecular complexity index is 560. The number of amides is 2. The molecule has 0 spiro atoms. The third-order valence-corrected chi connectivity index (χ3v) is 2.76. The highest BCUT2D eigenvalue weighted by Gasteiger charge is 2.50. The molecule has 2 amide bonds. The zero-order chi connectivity index (χ0) is 17.5. The molecule has 1 unspecified atom stereocenters. The van der Waals surface area contributed by atoms with Crippen molar-refractivity contribution in [3.8, 4) is 0 Å². The first-order valence-electron chi connectivity index (χ1n) is 6.88. The molecule has 1 aromatic rings. The molecular formula is C15H20N2O6. The molecule has 0 fully saturated rings. The summed E-state index contributed by atoms with van der Waals surface area (Å²) in [6.45, 7) is 1.95. The zero-order valence-electron chi connectivity index (χ0n) is 13.5. The van der Waals surface area contributed by atoms with Gasteiger partial charge in [-0.2, -0.15) is 0 Å². The molecule has 126 valence electrons. The molecule has 0 heterocycles. The molecule has 0 aliphatic heterocycles. The van der Waals surface area contributed by atoms with Crippen LogP contribution in [-0.2, 0) is 24.8 Å². The maximum atomic E-state index is 12.3. The summed E-state index contributed by atoms with van der Waals surface area (Å²) in [5.74, 6) is -3.37.